The van der Waals surface area contributed by atoms with E-state index in [4.69, 9.17) is 0 Å². The van der Waals surface area contributed by atoms with Crippen LogP contribution in [-0.2, 0) is 6.54 Å². The molecule has 0 radical (unpaired) electrons. The molecule has 1 N–H and O–H groups in total. The molecule has 1 saturated heterocycles. The van der Waals surface area contributed by atoms with E-state index in [0.717, 1.165) is 37.7 Å². The topological polar surface area (TPSA) is 75.1 Å². The minimum atomic E-state index is -0.584. The second-order valence-corrected chi connectivity index (χ2v) is 5.49. The number of likely N-dealkylation sites (tertiary alicyclic amines) is 1. The molecule has 6 nitrogen and oxygen atoms in total. The van der Waals surface area contributed by atoms with Crippen molar-refractivity contribution in [2.75, 3.05) is 6.54 Å². The third kappa shape index (κ3) is 2.99. The monoisotopic (exact) mass is 304 g/mol. The Bertz CT molecular complexity index is 660. The van der Waals surface area contributed by atoms with Crippen molar-refractivity contribution in [2.45, 2.75) is 31.8 Å². The number of rotatable bonds is 4. The van der Waals surface area contributed by atoms with Gasteiger partial charge in [0, 0.05) is 30.6 Å². The molecule has 0 saturated carbocycles. The Labute approximate surface area is 127 Å². The maximum atomic E-state index is 14.1. The summed E-state index contributed by atoms with van der Waals surface area (Å²) in [7, 11) is 0. The number of hydrogen-bond donors (Lipinski definition) is 1. The van der Waals surface area contributed by atoms with Crippen LogP contribution in [0.3, 0.4) is 0 Å². The molecule has 1 fully saturated rings. The Morgan fingerprint density at radius 2 is 2.32 bits per heavy atom. The lowest BCUT2D eigenvalue weighted by atomic mass is 10.0. The van der Waals surface area contributed by atoms with Crippen molar-refractivity contribution in [3.05, 3.63) is 57.9 Å². The van der Waals surface area contributed by atoms with E-state index < -0.39 is 10.7 Å². The summed E-state index contributed by atoms with van der Waals surface area (Å²) < 4.78 is 14.1. The number of aromatic amines is 1. The number of piperidine rings is 1. The predicted molar refractivity (Wildman–Crippen MR) is 78.6 cm³/mol. The molecule has 1 atom stereocenters. The number of nitro groups is 1. The fourth-order valence-electron chi connectivity index (χ4n) is 2.95. The van der Waals surface area contributed by atoms with Gasteiger partial charge in [0.2, 0.25) is 0 Å². The van der Waals surface area contributed by atoms with E-state index in [1.807, 2.05) is 0 Å². The summed E-state index contributed by atoms with van der Waals surface area (Å²) >= 11 is 0. The van der Waals surface area contributed by atoms with Crippen molar-refractivity contribution in [1.82, 2.24) is 14.9 Å². The van der Waals surface area contributed by atoms with E-state index in [9.17, 15) is 14.5 Å². The standard InChI is InChI=1S/C15H17FN4O2/c16-13-9-12(20(21)22)5-4-11(13)10-19-8-2-1-3-14(19)15-17-6-7-18-15/h4-7,9,14H,1-3,8,10H2,(H,17,18)/t14-/m1/s1. The fourth-order valence-corrected chi connectivity index (χ4v) is 2.95. The van der Waals surface area contributed by atoms with Crippen LogP contribution >= 0.6 is 0 Å². The molecule has 0 aliphatic carbocycles. The lowest BCUT2D eigenvalue weighted by Crippen LogP contribution is -2.33. The number of nitrogens with zero attached hydrogens (tertiary/aromatic N) is 3. The third-order valence-electron chi connectivity index (χ3n) is 4.07. The number of nitro benzene ring substituents is 1. The van der Waals surface area contributed by atoms with Crippen LogP contribution in [0.15, 0.2) is 30.6 Å². The van der Waals surface area contributed by atoms with Gasteiger partial charge in [0.15, 0.2) is 0 Å². The number of aromatic nitrogens is 2. The first-order chi connectivity index (χ1) is 10.6. The highest BCUT2D eigenvalue weighted by Crippen LogP contribution is 2.31. The second kappa shape index (κ2) is 6.23. The van der Waals surface area contributed by atoms with Gasteiger partial charge < -0.3 is 4.98 Å². The molecular weight excluding hydrogens is 287 g/mol. The van der Waals surface area contributed by atoms with E-state index >= 15 is 0 Å². The average molecular weight is 304 g/mol. The number of nitrogens with one attached hydrogen (secondary N) is 1. The molecular formula is C15H17FN4O2. The molecule has 2 aromatic rings. The Morgan fingerprint density at radius 1 is 1.45 bits per heavy atom. The van der Waals surface area contributed by atoms with E-state index in [-0.39, 0.29) is 11.7 Å². The molecule has 1 aliphatic rings. The van der Waals surface area contributed by atoms with Gasteiger partial charge in [0.05, 0.1) is 17.0 Å². The molecule has 0 bridgehead atoms. The molecule has 1 aromatic carbocycles. The van der Waals surface area contributed by atoms with Crippen LogP contribution in [-0.4, -0.2) is 26.3 Å². The summed E-state index contributed by atoms with van der Waals surface area (Å²) in [5.74, 6) is 0.361. The Morgan fingerprint density at radius 3 is 3.00 bits per heavy atom. The van der Waals surface area contributed by atoms with Gasteiger partial charge in [-0.15, -0.1) is 0 Å². The molecule has 7 heteroatoms. The Kier molecular flexibility index (Phi) is 4.15. The smallest absolute Gasteiger partial charge is 0.272 e. The molecule has 0 unspecified atom stereocenters. The zero-order valence-corrected chi connectivity index (χ0v) is 12.0. The summed E-state index contributed by atoms with van der Waals surface area (Å²) in [5.41, 5.74) is 0.256. The van der Waals surface area contributed by atoms with Crippen LogP contribution < -0.4 is 0 Å². The highest BCUT2D eigenvalue weighted by Gasteiger charge is 2.26. The zero-order valence-electron chi connectivity index (χ0n) is 12.0. The maximum Gasteiger partial charge on any atom is 0.272 e. The van der Waals surface area contributed by atoms with Crippen LogP contribution in [0.5, 0.6) is 0 Å². The number of halogens is 1. The first-order valence-electron chi connectivity index (χ1n) is 7.31. The van der Waals surface area contributed by atoms with E-state index in [1.54, 1.807) is 12.4 Å². The van der Waals surface area contributed by atoms with Crippen LogP contribution in [0.2, 0.25) is 0 Å². The van der Waals surface area contributed by atoms with Crippen molar-refractivity contribution < 1.29 is 9.31 Å². The normalized spacial score (nSPS) is 19.2. The highest BCUT2D eigenvalue weighted by molar-refractivity contribution is 5.34. The molecule has 0 spiro atoms. The number of non-ortho nitro benzene ring substituents is 1. The van der Waals surface area contributed by atoms with Crippen LogP contribution in [0, 0.1) is 15.9 Å². The van der Waals surface area contributed by atoms with Crippen molar-refractivity contribution in [1.29, 1.82) is 0 Å². The number of benzene rings is 1. The first kappa shape index (κ1) is 14.6. The van der Waals surface area contributed by atoms with Gasteiger partial charge in [-0.25, -0.2) is 9.37 Å². The van der Waals surface area contributed by atoms with Crippen molar-refractivity contribution >= 4 is 5.69 Å². The summed E-state index contributed by atoms with van der Waals surface area (Å²) in [6, 6.07) is 3.98. The summed E-state index contributed by atoms with van der Waals surface area (Å²) in [4.78, 5) is 19.7. The minimum absolute atomic E-state index is 0.137. The largest absolute Gasteiger partial charge is 0.347 e. The lowest BCUT2D eigenvalue weighted by Gasteiger charge is -2.34. The van der Waals surface area contributed by atoms with Gasteiger partial charge in [-0.05, 0) is 25.5 Å². The highest BCUT2D eigenvalue weighted by atomic mass is 19.1. The van der Waals surface area contributed by atoms with E-state index in [2.05, 4.69) is 14.9 Å². The molecule has 3 rings (SSSR count). The van der Waals surface area contributed by atoms with Crippen molar-refractivity contribution in [3.63, 3.8) is 0 Å². The molecule has 0 amide bonds. The summed E-state index contributed by atoms with van der Waals surface area (Å²) in [5, 5.41) is 10.7. The van der Waals surface area contributed by atoms with Gasteiger partial charge in [-0.3, -0.25) is 15.0 Å². The van der Waals surface area contributed by atoms with E-state index in [0.29, 0.717) is 12.1 Å². The first-order valence-corrected chi connectivity index (χ1v) is 7.31. The van der Waals surface area contributed by atoms with Crippen LogP contribution in [0.4, 0.5) is 10.1 Å². The van der Waals surface area contributed by atoms with Gasteiger partial charge in [-0.2, -0.15) is 0 Å². The minimum Gasteiger partial charge on any atom is -0.347 e. The predicted octanol–water partition coefficient (Wildman–Crippen LogP) is 3.18. The van der Waals surface area contributed by atoms with Crippen LogP contribution in [0.25, 0.3) is 0 Å². The molecule has 2 heterocycles. The van der Waals surface area contributed by atoms with E-state index in [1.165, 1.54) is 12.1 Å². The lowest BCUT2D eigenvalue weighted by molar-refractivity contribution is -0.385. The number of hydrogen-bond acceptors (Lipinski definition) is 4. The Balaban J connectivity index is 1.80. The molecule has 1 aromatic heterocycles. The van der Waals surface area contributed by atoms with Gasteiger partial charge >= 0.3 is 0 Å². The SMILES string of the molecule is O=[N+]([O-])c1ccc(CN2CCCC[C@@H]2c2ncc[nH]2)c(F)c1. The molecule has 22 heavy (non-hydrogen) atoms. The number of H-pyrrole nitrogens is 1. The van der Waals surface area contributed by atoms with Crippen molar-refractivity contribution in [3.8, 4) is 0 Å². The Hall–Kier alpha value is -2.28. The molecule has 1 aliphatic heterocycles. The second-order valence-electron chi connectivity index (χ2n) is 5.49. The maximum absolute atomic E-state index is 14.1. The summed E-state index contributed by atoms with van der Waals surface area (Å²) in [6.45, 7) is 1.29. The van der Waals surface area contributed by atoms with Gasteiger partial charge in [0.1, 0.15) is 11.6 Å². The van der Waals surface area contributed by atoms with Crippen LogP contribution in [0.1, 0.15) is 36.7 Å². The third-order valence-corrected chi connectivity index (χ3v) is 4.07. The summed E-state index contributed by atoms with van der Waals surface area (Å²) in [6.07, 6.45) is 6.65. The van der Waals surface area contributed by atoms with Gasteiger partial charge in [-0.1, -0.05) is 6.42 Å². The average Bonchev–Trinajstić information content (AvgIpc) is 3.04. The zero-order chi connectivity index (χ0) is 15.5. The number of imidazole rings is 1. The fraction of sp³-hybridized carbons (Fsp3) is 0.400. The quantitative estimate of drug-likeness (QED) is 0.695. The van der Waals surface area contributed by atoms with Gasteiger partial charge in [0.25, 0.3) is 5.69 Å². The van der Waals surface area contributed by atoms with Crippen molar-refractivity contribution in [2.24, 2.45) is 0 Å². The molecule has 116 valence electrons.